The Bertz CT molecular complexity index is 332. The van der Waals surface area contributed by atoms with Gasteiger partial charge < -0.3 is 10.2 Å². The number of hydrogen-bond acceptors (Lipinski definition) is 4. The number of likely N-dealkylation sites (N-methyl/N-ethyl adjacent to an activating group) is 1. The first-order chi connectivity index (χ1) is 8.06. The van der Waals surface area contributed by atoms with Gasteiger partial charge in [0.05, 0.1) is 6.04 Å². The van der Waals surface area contributed by atoms with E-state index in [1.54, 1.807) is 16.7 Å². The molecule has 1 amide bonds. The van der Waals surface area contributed by atoms with Gasteiger partial charge in [-0.3, -0.25) is 9.79 Å². The lowest BCUT2D eigenvalue weighted by molar-refractivity contribution is -0.132. The first-order valence-corrected chi connectivity index (χ1v) is 7.26. The Labute approximate surface area is 107 Å². The van der Waals surface area contributed by atoms with E-state index in [9.17, 15) is 4.79 Å². The van der Waals surface area contributed by atoms with Gasteiger partial charge in [-0.05, 0) is 19.3 Å². The lowest BCUT2D eigenvalue weighted by Gasteiger charge is -2.32. The molecule has 2 aliphatic rings. The number of amides is 1. The van der Waals surface area contributed by atoms with Crippen molar-refractivity contribution in [2.24, 2.45) is 10.9 Å². The number of rotatable bonds is 1. The van der Waals surface area contributed by atoms with Crippen LogP contribution in [0.1, 0.15) is 26.7 Å². The third-order valence-electron chi connectivity index (χ3n) is 3.58. The second-order valence-electron chi connectivity index (χ2n) is 5.12. The minimum atomic E-state index is 0.253. The molecule has 1 fully saturated rings. The first-order valence-electron chi connectivity index (χ1n) is 6.27. The lowest BCUT2D eigenvalue weighted by Crippen LogP contribution is -2.48. The second-order valence-corrected chi connectivity index (χ2v) is 6.13. The molecule has 2 rings (SSSR count). The highest BCUT2D eigenvalue weighted by molar-refractivity contribution is 8.13. The molecule has 5 heteroatoms. The summed E-state index contributed by atoms with van der Waals surface area (Å²) in [5.41, 5.74) is 0. The molecule has 3 unspecified atom stereocenters. The maximum atomic E-state index is 11.4. The molecule has 2 heterocycles. The van der Waals surface area contributed by atoms with Gasteiger partial charge in [0.25, 0.3) is 0 Å². The molecule has 96 valence electrons. The lowest BCUT2D eigenvalue weighted by atomic mass is 10.1. The third kappa shape index (κ3) is 3.15. The predicted molar refractivity (Wildman–Crippen MR) is 72.3 cm³/mol. The van der Waals surface area contributed by atoms with E-state index in [4.69, 9.17) is 0 Å². The van der Waals surface area contributed by atoms with Crippen molar-refractivity contribution in [1.82, 2.24) is 10.2 Å². The molecule has 0 saturated carbocycles. The van der Waals surface area contributed by atoms with Crippen molar-refractivity contribution in [2.75, 3.05) is 19.3 Å². The average molecular weight is 255 g/mol. The van der Waals surface area contributed by atoms with Crippen LogP contribution in [0.4, 0.5) is 0 Å². The van der Waals surface area contributed by atoms with E-state index in [-0.39, 0.29) is 5.91 Å². The Kier molecular flexibility index (Phi) is 3.97. The van der Waals surface area contributed by atoms with Crippen LogP contribution < -0.4 is 5.32 Å². The highest BCUT2D eigenvalue weighted by atomic mass is 32.2. The molecule has 0 aromatic carbocycles. The number of thioether (sulfide) groups is 1. The Morgan fingerprint density at radius 2 is 2.24 bits per heavy atom. The topological polar surface area (TPSA) is 44.7 Å². The van der Waals surface area contributed by atoms with Crippen LogP contribution in [0.2, 0.25) is 0 Å². The first kappa shape index (κ1) is 12.7. The van der Waals surface area contributed by atoms with Crippen molar-refractivity contribution in [3.05, 3.63) is 0 Å². The van der Waals surface area contributed by atoms with Gasteiger partial charge in [0.15, 0.2) is 5.17 Å². The van der Waals surface area contributed by atoms with Crippen LogP contribution in [0.15, 0.2) is 4.99 Å². The van der Waals surface area contributed by atoms with Crippen LogP contribution in [0.5, 0.6) is 0 Å². The van der Waals surface area contributed by atoms with E-state index in [1.165, 1.54) is 0 Å². The maximum absolute atomic E-state index is 11.4. The Hall–Kier alpha value is -0.710. The zero-order valence-corrected chi connectivity index (χ0v) is 11.6. The second kappa shape index (κ2) is 5.29. The summed E-state index contributed by atoms with van der Waals surface area (Å²) < 4.78 is 0. The highest BCUT2D eigenvalue weighted by Gasteiger charge is 2.25. The van der Waals surface area contributed by atoms with E-state index in [0.29, 0.717) is 24.4 Å². The summed E-state index contributed by atoms with van der Waals surface area (Å²) in [6.07, 6.45) is 1.57. The number of nitrogens with zero attached hydrogens (tertiary/aromatic N) is 2. The number of carbonyl (C=O) groups excluding carboxylic acids is 1. The Morgan fingerprint density at radius 3 is 2.88 bits per heavy atom. The number of piperidine rings is 1. The molecule has 0 bridgehead atoms. The minimum absolute atomic E-state index is 0.253. The molecule has 17 heavy (non-hydrogen) atoms. The van der Waals surface area contributed by atoms with E-state index < -0.39 is 0 Å². The molecule has 0 aliphatic carbocycles. The predicted octanol–water partition coefficient (Wildman–Crippen LogP) is 1.32. The molecule has 0 radical (unpaired) electrons. The molecule has 4 nitrogen and oxygen atoms in total. The zero-order valence-electron chi connectivity index (χ0n) is 10.8. The fraction of sp³-hybridized carbons (Fsp3) is 0.833. The molecule has 0 spiro atoms. The van der Waals surface area contributed by atoms with E-state index in [1.807, 2.05) is 7.05 Å². The van der Waals surface area contributed by atoms with Crippen LogP contribution >= 0.6 is 11.8 Å². The van der Waals surface area contributed by atoms with Crippen LogP contribution in [-0.4, -0.2) is 47.4 Å². The quantitative estimate of drug-likeness (QED) is 0.768. The molecular formula is C12H21N3OS. The van der Waals surface area contributed by atoms with Crippen LogP contribution in [0.25, 0.3) is 0 Å². The van der Waals surface area contributed by atoms with Gasteiger partial charge in [0.1, 0.15) is 0 Å². The summed E-state index contributed by atoms with van der Waals surface area (Å²) in [6, 6.07) is 0.770. The van der Waals surface area contributed by atoms with Gasteiger partial charge in [0.2, 0.25) is 5.91 Å². The van der Waals surface area contributed by atoms with Crippen molar-refractivity contribution in [1.29, 1.82) is 0 Å². The standard InChI is InChI=1S/C12H21N3OS/c1-8-7-17-12(13-9(8)2)14-10-4-5-11(16)15(3)6-10/h8-10H,4-7H2,1-3H3,(H,13,14). The zero-order chi connectivity index (χ0) is 12.4. The normalized spacial score (nSPS) is 34.5. The summed E-state index contributed by atoms with van der Waals surface area (Å²) in [7, 11) is 1.87. The number of likely N-dealkylation sites (tertiary alicyclic amines) is 1. The number of nitrogens with one attached hydrogen (secondary N) is 1. The fourth-order valence-electron chi connectivity index (χ4n) is 2.08. The summed E-state index contributed by atoms with van der Waals surface area (Å²) in [5, 5.41) is 4.54. The average Bonchev–Trinajstić information content (AvgIpc) is 2.29. The third-order valence-corrected chi connectivity index (χ3v) is 4.77. The van der Waals surface area contributed by atoms with Crippen LogP contribution in [0.3, 0.4) is 0 Å². The van der Waals surface area contributed by atoms with Gasteiger partial charge in [0, 0.05) is 31.8 Å². The van der Waals surface area contributed by atoms with Crippen molar-refractivity contribution in [2.45, 2.75) is 38.8 Å². The monoisotopic (exact) mass is 255 g/mol. The van der Waals surface area contributed by atoms with Crippen LogP contribution in [0, 0.1) is 5.92 Å². The summed E-state index contributed by atoms with van der Waals surface area (Å²) in [6.45, 7) is 5.20. The van der Waals surface area contributed by atoms with Crippen molar-refractivity contribution < 1.29 is 4.79 Å². The van der Waals surface area contributed by atoms with Crippen molar-refractivity contribution in [3.63, 3.8) is 0 Å². The SMILES string of the molecule is CC1CSC(NC2CCC(=O)N(C)C2)=NC1C. The fourth-order valence-corrected chi connectivity index (χ4v) is 3.27. The molecular weight excluding hydrogens is 234 g/mol. The summed E-state index contributed by atoms with van der Waals surface area (Å²) >= 11 is 1.81. The van der Waals surface area contributed by atoms with Gasteiger partial charge in [-0.1, -0.05) is 18.7 Å². The molecule has 1 saturated heterocycles. The maximum Gasteiger partial charge on any atom is 0.222 e. The number of aliphatic imine (C=N–C) groups is 1. The van der Waals surface area contributed by atoms with Gasteiger partial charge in [-0.25, -0.2) is 0 Å². The molecule has 0 aromatic heterocycles. The Balaban J connectivity index is 1.89. The highest BCUT2D eigenvalue weighted by Crippen LogP contribution is 2.22. The van der Waals surface area contributed by atoms with E-state index >= 15 is 0 Å². The molecule has 1 N–H and O–H groups in total. The minimum Gasteiger partial charge on any atom is -0.360 e. The number of carbonyl (C=O) groups is 1. The molecule has 0 aromatic rings. The van der Waals surface area contributed by atoms with Gasteiger partial charge >= 0.3 is 0 Å². The molecule has 3 atom stereocenters. The smallest absolute Gasteiger partial charge is 0.222 e. The molecule has 2 aliphatic heterocycles. The van der Waals surface area contributed by atoms with Crippen LogP contribution in [-0.2, 0) is 4.79 Å². The summed E-state index contributed by atoms with van der Waals surface area (Å²) in [4.78, 5) is 17.9. The summed E-state index contributed by atoms with van der Waals surface area (Å²) in [5.74, 6) is 2.04. The van der Waals surface area contributed by atoms with Crippen molar-refractivity contribution in [3.8, 4) is 0 Å². The van der Waals surface area contributed by atoms with E-state index in [0.717, 1.165) is 23.9 Å². The van der Waals surface area contributed by atoms with E-state index in [2.05, 4.69) is 24.2 Å². The Morgan fingerprint density at radius 1 is 1.47 bits per heavy atom. The number of amidine groups is 1. The van der Waals surface area contributed by atoms with Crippen molar-refractivity contribution >= 4 is 22.8 Å². The van der Waals surface area contributed by atoms with Gasteiger partial charge in [-0.2, -0.15) is 0 Å². The number of hydrogen-bond donors (Lipinski definition) is 1. The largest absolute Gasteiger partial charge is 0.360 e. The van der Waals surface area contributed by atoms with Gasteiger partial charge in [-0.15, -0.1) is 0 Å².